The molecule has 0 saturated carbocycles. The van der Waals surface area contributed by atoms with Gasteiger partial charge in [0.1, 0.15) is 4.32 Å². The fraction of sp³-hybridized carbons (Fsp3) is 0.800. The number of carbonyl (C=O) groups excluding carboxylic acids is 1. The van der Waals surface area contributed by atoms with Gasteiger partial charge in [-0.15, -0.1) is 0 Å². The predicted molar refractivity (Wildman–Crippen MR) is 69.3 cm³/mol. The van der Waals surface area contributed by atoms with Crippen LogP contribution in [-0.4, -0.2) is 22.8 Å². The van der Waals surface area contributed by atoms with Gasteiger partial charge < -0.3 is 4.74 Å². The van der Waals surface area contributed by atoms with Crippen LogP contribution < -0.4 is 5.32 Å². The number of amides is 1. The number of ether oxygens (including phenoxy) is 1. The van der Waals surface area contributed by atoms with Gasteiger partial charge in [0.2, 0.25) is 0 Å². The van der Waals surface area contributed by atoms with Crippen LogP contribution in [0.4, 0.5) is 4.79 Å². The molecule has 0 radical (unpaired) electrons. The molecular weight excluding hydrogens is 230 g/mol. The summed E-state index contributed by atoms with van der Waals surface area (Å²) in [6.07, 6.45) is 1.79. The van der Waals surface area contributed by atoms with Crippen molar-refractivity contribution < 1.29 is 9.53 Å². The summed E-state index contributed by atoms with van der Waals surface area (Å²) < 4.78 is 5.43. The summed E-state index contributed by atoms with van der Waals surface area (Å²) in [4.78, 5) is 11.2. The fourth-order valence-electron chi connectivity index (χ4n) is 0.707. The van der Waals surface area contributed by atoms with E-state index in [4.69, 9.17) is 17.0 Å². The number of thioether (sulfide) groups is 1. The Hall–Kier alpha value is -0.290. The number of unbranched alkanes of at least 4 members (excludes halogenated alkanes) is 1. The van der Waals surface area contributed by atoms with Gasteiger partial charge in [0.05, 0.1) is 6.61 Å². The molecule has 5 heteroatoms. The minimum absolute atomic E-state index is 0.345. The van der Waals surface area contributed by atoms with E-state index in [2.05, 4.69) is 12.2 Å². The molecule has 1 amide bonds. The second-order valence-electron chi connectivity index (χ2n) is 3.61. The average molecular weight is 249 g/mol. The van der Waals surface area contributed by atoms with Crippen LogP contribution in [0, 0.1) is 5.92 Å². The van der Waals surface area contributed by atoms with Crippen molar-refractivity contribution in [1.29, 1.82) is 0 Å². The Balaban J connectivity index is 3.53. The Labute approximate surface area is 101 Å². The smallest absolute Gasteiger partial charge is 0.412 e. The zero-order valence-electron chi connectivity index (χ0n) is 9.54. The van der Waals surface area contributed by atoms with Gasteiger partial charge >= 0.3 is 6.09 Å². The number of carbonyl (C=O) groups is 1. The molecule has 0 saturated heterocycles. The molecule has 0 spiro atoms. The zero-order valence-corrected chi connectivity index (χ0v) is 11.2. The molecule has 0 aromatic carbocycles. The highest BCUT2D eigenvalue weighted by Crippen LogP contribution is 2.05. The van der Waals surface area contributed by atoms with Gasteiger partial charge in [0.25, 0.3) is 0 Å². The summed E-state index contributed by atoms with van der Waals surface area (Å²) in [5.41, 5.74) is 0. The van der Waals surface area contributed by atoms with Crippen LogP contribution in [0.15, 0.2) is 0 Å². The lowest BCUT2D eigenvalue weighted by Gasteiger charge is -2.08. The van der Waals surface area contributed by atoms with Gasteiger partial charge in [-0.2, -0.15) is 0 Å². The maximum Gasteiger partial charge on any atom is 0.412 e. The van der Waals surface area contributed by atoms with E-state index in [-0.39, 0.29) is 0 Å². The molecule has 0 fully saturated rings. The van der Waals surface area contributed by atoms with Gasteiger partial charge in [-0.1, -0.05) is 51.2 Å². The Kier molecular flexibility index (Phi) is 8.80. The standard InChI is InChI=1S/C10H19NO2S2/c1-4-5-6-15-10(14)11-9(12)13-7-8(2)3/h8H,4-7H2,1-3H3,(H,11,12,14). The Morgan fingerprint density at radius 3 is 2.73 bits per heavy atom. The lowest BCUT2D eigenvalue weighted by atomic mass is 10.2. The third-order valence-corrected chi connectivity index (χ3v) is 2.80. The first-order chi connectivity index (χ1) is 7.06. The van der Waals surface area contributed by atoms with Crippen molar-refractivity contribution in [2.24, 2.45) is 5.92 Å². The number of alkyl carbamates (subject to hydrolysis) is 1. The molecule has 0 aliphatic rings. The highest BCUT2D eigenvalue weighted by Gasteiger charge is 2.06. The summed E-state index contributed by atoms with van der Waals surface area (Å²) in [6, 6.07) is 0. The van der Waals surface area contributed by atoms with Crippen molar-refractivity contribution in [3.05, 3.63) is 0 Å². The van der Waals surface area contributed by atoms with Crippen molar-refractivity contribution in [1.82, 2.24) is 5.32 Å². The van der Waals surface area contributed by atoms with Gasteiger partial charge in [-0.05, 0) is 12.3 Å². The van der Waals surface area contributed by atoms with Gasteiger partial charge in [0, 0.05) is 5.75 Å². The van der Waals surface area contributed by atoms with Crippen molar-refractivity contribution in [3.63, 3.8) is 0 Å². The minimum Gasteiger partial charge on any atom is -0.449 e. The fourth-order valence-corrected chi connectivity index (χ4v) is 1.81. The monoisotopic (exact) mass is 249 g/mol. The van der Waals surface area contributed by atoms with Crippen LogP contribution in [-0.2, 0) is 4.74 Å². The van der Waals surface area contributed by atoms with Crippen molar-refractivity contribution in [2.45, 2.75) is 33.6 Å². The van der Waals surface area contributed by atoms with E-state index in [1.54, 1.807) is 0 Å². The first kappa shape index (κ1) is 14.7. The third-order valence-electron chi connectivity index (χ3n) is 1.48. The average Bonchev–Trinajstić information content (AvgIpc) is 2.15. The molecule has 3 nitrogen and oxygen atoms in total. The number of hydrogen-bond donors (Lipinski definition) is 1. The molecule has 0 aliphatic heterocycles. The van der Waals surface area contributed by atoms with Crippen molar-refractivity contribution >= 4 is 34.4 Å². The summed E-state index contributed by atoms with van der Waals surface area (Å²) >= 11 is 6.46. The first-order valence-electron chi connectivity index (χ1n) is 5.16. The number of nitrogens with one attached hydrogen (secondary N) is 1. The summed E-state index contributed by atoms with van der Waals surface area (Å²) in [6.45, 7) is 6.52. The normalized spacial score (nSPS) is 10.1. The van der Waals surface area contributed by atoms with Crippen LogP contribution in [0.2, 0.25) is 0 Å². The molecule has 0 atom stereocenters. The lowest BCUT2D eigenvalue weighted by molar-refractivity contribution is 0.138. The number of rotatable bonds is 5. The largest absolute Gasteiger partial charge is 0.449 e. The molecule has 15 heavy (non-hydrogen) atoms. The van der Waals surface area contributed by atoms with E-state index in [9.17, 15) is 4.79 Å². The Morgan fingerprint density at radius 1 is 1.53 bits per heavy atom. The molecule has 88 valence electrons. The topological polar surface area (TPSA) is 38.3 Å². The first-order valence-corrected chi connectivity index (χ1v) is 6.56. The maximum absolute atomic E-state index is 11.2. The van der Waals surface area contributed by atoms with Crippen molar-refractivity contribution in [2.75, 3.05) is 12.4 Å². The molecule has 0 heterocycles. The molecule has 1 N–H and O–H groups in total. The number of hydrogen-bond acceptors (Lipinski definition) is 4. The predicted octanol–water partition coefficient (Wildman–Crippen LogP) is 3.19. The van der Waals surface area contributed by atoms with Gasteiger partial charge in [-0.3, -0.25) is 5.32 Å². The second-order valence-corrected chi connectivity index (χ2v) is 5.38. The van der Waals surface area contributed by atoms with E-state index in [1.807, 2.05) is 13.8 Å². The lowest BCUT2D eigenvalue weighted by Crippen LogP contribution is -2.28. The summed E-state index contributed by atoms with van der Waals surface area (Å²) in [7, 11) is 0. The van der Waals surface area contributed by atoms with Gasteiger partial charge in [-0.25, -0.2) is 4.79 Å². The van der Waals surface area contributed by atoms with E-state index in [1.165, 1.54) is 11.8 Å². The summed E-state index contributed by atoms with van der Waals surface area (Å²) in [5, 5.41) is 2.53. The second kappa shape index (κ2) is 8.97. The molecule has 0 aliphatic carbocycles. The summed E-state index contributed by atoms with van der Waals surface area (Å²) in [5.74, 6) is 1.29. The third kappa shape index (κ3) is 10.0. The Morgan fingerprint density at radius 2 is 2.20 bits per heavy atom. The van der Waals surface area contributed by atoms with Crippen LogP contribution >= 0.6 is 24.0 Å². The molecule has 0 unspecified atom stereocenters. The van der Waals surface area contributed by atoms with E-state index < -0.39 is 6.09 Å². The van der Waals surface area contributed by atoms with Crippen LogP contribution in [0.25, 0.3) is 0 Å². The molecular formula is C10H19NO2S2. The number of thiocarbonyl (C=S) groups is 1. The maximum atomic E-state index is 11.2. The van der Waals surface area contributed by atoms with Gasteiger partial charge in [0.15, 0.2) is 0 Å². The van der Waals surface area contributed by atoms with Crippen molar-refractivity contribution in [3.8, 4) is 0 Å². The van der Waals surface area contributed by atoms with Crippen LogP contribution in [0.3, 0.4) is 0 Å². The molecule has 0 aromatic heterocycles. The van der Waals surface area contributed by atoms with E-state index >= 15 is 0 Å². The molecule has 0 rings (SSSR count). The zero-order chi connectivity index (χ0) is 11.7. The van der Waals surface area contributed by atoms with Crippen LogP contribution in [0.5, 0.6) is 0 Å². The van der Waals surface area contributed by atoms with E-state index in [0.717, 1.165) is 18.6 Å². The highest BCUT2D eigenvalue weighted by molar-refractivity contribution is 8.23. The molecule has 0 aromatic rings. The van der Waals surface area contributed by atoms with E-state index in [0.29, 0.717) is 16.8 Å². The highest BCUT2D eigenvalue weighted by atomic mass is 32.2. The quantitative estimate of drug-likeness (QED) is 0.600. The Bertz CT molecular complexity index is 208. The van der Waals surface area contributed by atoms with Crippen LogP contribution in [0.1, 0.15) is 33.6 Å². The minimum atomic E-state index is -0.447. The molecule has 0 bridgehead atoms. The SMILES string of the molecule is CCCCSC(=S)NC(=O)OCC(C)C.